The van der Waals surface area contributed by atoms with Crippen LogP contribution in [0, 0.1) is 0 Å². The molecule has 2 rings (SSSR count). The van der Waals surface area contributed by atoms with Gasteiger partial charge in [0.25, 0.3) is 0 Å². The van der Waals surface area contributed by atoms with Gasteiger partial charge in [0.2, 0.25) is 0 Å². The molecule has 0 aliphatic carbocycles. The molecule has 2 aromatic rings. The van der Waals surface area contributed by atoms with Gasteiger partial charge in [-0.15, -0.1) is 10.2 Å². The fraction of sp³-hybridized carbons (Fsp3) is 0. The lowest BCUT2D eigenvalue weighted by Gasteiger charge is -2.04. The Hall–Kier alpha value is -2.81. The summed E-state index contributed by atoms with van der Waals surface area (Å²) in [6.45, 7) is 0. The van der Waals surface area contributed by atoms with Crippen molar-refractivity contribution in [2.75, 3.05) is 5.73 Å². The van der Waals surface area contributed by atoms with Crippen molar-refractivity contribution >= 4 is 30.3 Å². The molecule has 0 radical (unpaired) electrons. The highest BCUT2D eigenvalue weighted by Crippen LogP contribution is 2.32. The Morgan fingerprint density at radius 1 is 0.957 bits per heavy atom. The van der Waals surface area contributed by atoms with E-state index in [1.165, 1.54) is 18.3 Å². The lowest BCUT2D eigenvalue weighted by atomic mass is 10.3. The molecule has 0 spiro atoms. The fourth-order valence-electron chi connectivity index (χ4n) is 1.48. The van der Waals surface area contributed by atoms with E-state index in [2.05, 4.69) is 20.2 Å². The van der Waals surface area contributed by atoms with Crippen LogP contribution in [0.2, 0.25) is 0 Å². The maximum Gasteiger partial charge on any atom is 0.357 e. The van der Waals surface area contributed by atoms with Crippen LogP contribution in [0.3, 0.4) is 0 Å². The van der Waals surface area contributed by atoms with Gasteiger partial charge in [-0.1, -0.05) is 0 Å². The molecule has 0 amide bonds. The molecular weight excluding hydrogens is 321 g/mol. The smallest absolute Gasteiger partial charge is 0.357 e. The number of rotatable bonds is 4. The molecule has 0 aromatic carbocycles. The quantitative estimate of drug-likeness (QED) is 0.201. The maximum absolute atomic E-state index is 11.0. The Balaban J connectivity index is 2.20. The molecule has 0 saturated heterocycles. The van der Waals surface area contributed by atoms with Crippen LogP contribution in [0.15, 0.2) is 46.9 Å². The molecule has 8 N–H and O–H groups in total. The number of aromatic nitrogens is 2. The van der Waals surface area contributed by atoms with Crippen LogP contribution in [-0.4, -0.2) is 31.4 Å². The zero-order chi connectivity index (χ0) is 17.0. The predicted octanol–water partition coefficient (Wildman–Crippen LogP) is -1.11. The zero-order valence-electron chi connectivity index (χ0n) is 11.7. The number of hydrogen-bond acceptors (Lipinski definition) is 6. The summed E-state index contributed by atoms with van der Waals surface area (Å²) >= 11 is 0. The minimum absolute atomic E-state index is 0.0276. The second-order valence-corrected chi connectivity index (χ2v) is 6.00. The van der Waals surface area contributed by atoms with E-state index in [-0.39, 0.29) is 22.7 Å². The van der Waals surface area contributed by atoms with Crippen molar-refractivity contribution in [3.05, 3.63) is 48.0 Å². The van der Waals surface area contributed by atoms with Gasteiger partial charge in [0.05, 0.1) is 17.2 Å². The maximum atomic E-state index is 11.0. The molecule has 23 heavy (non-hydrogen) atoms. The summed E-state index contributed by atoms with van der Waals surface area (Å²) in [4.78, 5) is 25.8. The Labute approximate surface area is 130 Å². The van der Waals surface area contributed by atoms with Gasteiger partial charge in [-0.25, -0.2) is 0 Å². The van der Waals surface area contributed by atoms with Crippen molar-refractivity contribution < 1.29 is 14.4 Å². The van der Waals surface area contributed by atoms with Crippen molar-refractivity contribution in [1.82, 2.24) is 9.97 Å². The van der Waals surface area contributed by atoms with Crippen molar-refractivity contribution in [2.45, 2.75) is 0 Å². The number of nitrogens with zero attached hydrogens (tertiary/aromatic N) is 4. The fourth-order valence-corrected chi connectivity index (χ4v) is 1.95. The standard InChI is InChI=1S/C12H14N7O3P/c13-7-1-3-9(16-5-7)11(14)18-19-12(15)10-4-2-8(6-17-10)23(20,21)22/h1-6H,13H2,(H2,14,18)(H2,15,19)(H2,20,21,22). The van der Waals surface area contributed by atoms with E-state index in [1.54, 1.807) is 12.1 Å². The molecule has 11 heteroatoms. The third-order valence-corrected chi connectivity index (χ3v) is 3.60. The number of nitrogens with two attached hydrogens (primary N) is 3. The molecule has 2 heterocycles. The first-order valence-corrected chi connectivity index (χ1v) is 7.79. The van der Waals surface area contributed by atoms with Gasteiger partial charge in [0.1, 0.15) is 11.4 Å². The third kappa shape index (κ3) is 4.33. The molecule has 0 fully saturated rings. The molecule has 0 aliphatic heterocycles. The summed E-state index contributed by atoms with van der Waals surface area (Å²) in [6.07, 6.45) is 2.44. The van der Waals surface area contributed by atoms with Gasteiger partial charge >= 0.3 is 7.60 Å². The SMILES string of the molecule is N/C(=N\N=C(/N)c1ccc(P(=O)(O)O)cn1)c1ccc(N)cn1. The topological polar surface area (TPSA) is 186 Å². The Morgan fingerprint density at radius 3 is 1.87 bits per heavy atom. The van der Waals surface area contributed by atoms with Gasteiger partial charge in [0.15, 0.2) is 11.7 Å². The molecular formula is C12H14N7O3P. The molecule has 120 valence electrons. The molecule has 10 nitrogen and oxygen atoms in total. The first-order chi connectivity index (χ1) is 10.8. The second-order valence-electron chi connectivity index (χ2n) is 4.39. The third-order valence-electron chi connectivity index (χ3n) is 2.66. The highest BCUT2D eigenvalue weighted by Gasteiger charge is 2.17. The van der Waals surface area contributed by atoms with Crippen molar-refractivity contribution in [3.63, 3.8) is 0 Å². The van der Waals surface area contributed by atoms with Crippen LogP contribution in [0.4, 0.5) is 5.69 Å². The highest BCUT2D eigenvalue weighted by molar-refractivity contribution is 7.60. The van der Waals surface area contributed by atoms with E-state index in [9.17, 15) is 4.57 Å². The van der Waals surface area contributed by atoms with Crippen LogP contribution in [0.5, 0.6) is 0 Å². The van der Waals surface area contributed by atoms with E-state index in [0.717, 1.165) is 6.20 Å². The zero-order valence-corrected chi connectivity index (χ0v) is 12.6. The Morgan fingerprint density at radius 2 is 1.48 bits per heavy atom. The Kier molecular flexibility index (Phi) is 4.70. The Bertz CT molecular complexity index is 796. The van der Waals surface area contributed by atoms with E-state index in [0.29, 0.717) is 11.4 Å². The number of nitrogen functional groups attached to an aromatic ring is 1. The van der Waals surface area contributed by atoms with Gasteiger partial charge < -0.3 is 27.0 Å². The van der Waals surface area contributed by atoms with E-state index < -0.39 is 7.60 Å². The van der Waals surface area contributed by atoms with E-state index in [4.69, 9.17) is 27.0 Å². The lowest BCUT2D eigenvalue weighted by molar-refractivity contribution is 0.387. The van der Waals surface area contributed by atoms with Gasteiger partial charge in [-0.2, -0.15) is 0 Å². The molecule has 0 atom stereocenters. The van der Waals surface area contributed by atoms with Gasteiger partial charge in [0, 0.05) is 6.20 Å². The van der Waals surface area contributed by atoms with Gasteiger partial charge in [-0.3, -0.25) is 14.5 Å². The summed E-state index contributed by atoms with van der Waals surface area (Å²) in [7, 11) is -4.35. The average Bonchev–Trinajstić information content (AvgIpc) is 2.52. The summed E-state index contributed by atoms with van der Waals surface area (Å²) in [6, 6.07) is 5.72. The number of anilines is 1. The first-order valence-electron chi connectivity index (χ1n) is 6.18. The largest absolute Gasteiger partial charge is 0.397 e. The van der Waals surface area contributed by atoms with Crippen LogP contribution in [-0.2, 0) is 4.57 Å². The molecule has 0 saturated carbocycles. The van der Waals surface area contributed by atoms with Crippen LogP contribution in [0.1, 0.15) is 11.4 Å². The van der Waals surface area contributed by atoms with E-state index in [1.807, 2.05) is 0 Å². The summed E-state index contributed by atoms with van der Waals surface area (Å²) in [5.74, 6) is -0.0413. The predicted molar refractivity (Wildman–Crippen MR) is 86.0 cm³/mol. The highest BCUT2D eigenvalue weighted by atomic mass is 31.2. The van der Waals surface area contributed by atoms with Crippen molar-refractivity contribution in [1.29, 1.82) is 0 Å². The van der Waals surface area contributed by atoms with E-state index >= 15 is 0 Å². The number of pyridine rings is 2. The minimum atomic E-state index is -4.35. The van der Waals surface area contributed by atoms with Gasteiger partial charge in [-0.05, 0) is 24.3 Å². The number of amidine groups is 2. The summed E-state index contributed by atoms with van der Waals surface area (Å²) < 4.78 is 11.0. The number of hydrogen-bond donors (Lipinski definition) is 5. The second kappa shape index (κ2) is 6.53. The van der Waals surface area contributed by atoms with Crippen molar-refractivity contribution in [2.24, 2.45) is 21.7 Å². The first kappa shape index (κ1) is 16.6. The average molecular weight is 335 g/mol. The lowest BCUT2D eigenvalue weighted by Crippen LogP contribution is -2.19. The normalized spacial score (nSPS) is 13.1. The minimum Gasteiger partial charge on any atom is -0.397 e. The monoisotopic (exact) mass is 335 g/mol. The van der Waals surface area contributed by atoms with Crippen LogP contribution in [0.25, 0.3) is 0 Å². The van der Waals surface area contributed by atoms with Crippen LogP contribution >= 0.6 is 7.60 Å². The van der Waals surface area contributed by atoms with Crippen molar-refractivity contribution in [3.8, 4) is 0 Å². The molecule has 2 aromatic heterocycles. The summed E-state index contributed by atoms with van der Waals surface area (Å²) in [5, 5.41) is 7.23. The molecule has 0 bridgehead atoms. The molecule has 0 aliphatic rings. The summed E-state index contributed by atoms with van der Waals surface area (Å²) in [5.41, 5.74) is 18.0. The van der Waals surface area contributed by atoms with Crippen LogP contribution < -0.4 is 22.5 Å². The molecule has 0 unspecified atom stereocenters.